The largest absolute Gasteiger partial charge is 0.297 e. The van der Waals surface area contributed by atoms with Gasteiger partial charge in [0.05, 0.1) is 0 Å². The van der Waals surface area contributed by atoms with Crippen LogP contribution in [0.1, 0.15) is 10.4 Å². The van der Waals surface area contributed by atoms with E-state index in [1.165, 1.54) is 0 Å². The van der Waals surface area contributed by atoms with Gasteiger partial charge in [0, 0.05) is 29.1 Å². The Morgan fingerprint density at radius 2 is 1.86 bits per heavy atom. The standard InChI is InChI=1S/C8H6Cl2N2OS/c9-12(10)8(14)11-7(13)6-4-2-1-3-5-6/h1-5H,(H,11,13,14). The molecule has 0 unspecified atom stereocenters. The van der Waals surface area contributed by atoms with Gasteiger partial charge in [0.1, 0.15) is 0 Å². The monoisotopic (exact) mass is 248 g/mol. The summed E-state index contributed by atoms with van der Waals surface area (Å²) >= 11 is 15.3. The Bertz CT molecular complexity index is 342. The second-order valence-corrected chi connectivity index (χ2v) is 3.59. The summed E-state index contributed by atoms with van der Waals surface area (Å²) in [5.41, 5.74) is 0.491. The van der Waals surface area contributed by atoms with E-state index in [0.717, 1.165) is 0 Å². The van der Waals surface area contributed by atoms with Crippen LogP contribution in [0.15, 0.2) is 30.3 Å². The molecular weight excluding hydrogens is 243 g/mol. The SMILES string of the molecule is O=C(NC(=S)N(Cl)Cl)c1ccccc1. The van der Waals surface area contributed by atoms with Crippen LogP contribution in [0.2, 0.25) is 0 Å². The molecule has 1 N–H and O–H groups in total. The zero-order chi connectivity index (χ0) is 10.6. The fourth-order valence-corrected chi connectivity index (χ4v) is 0.978. The summed E-state index contributed by atoms with van der Waals surface area (Å²) in [6.45, 7) is 0. The average Bonchev–Trinajstić information content (AvgIpc) is 2.19. The van der Waals surface area contributed by atoms with E-state index in [1.54, 1.807) is 24.3 Å². The lowest BCUT2D eigenvalue weighted by molar-refractivity contribution is 0.0976. The van der Waals surface area contributed by atoms with Crippen LogP contribution in [-0.4, -0.2) is 15.0 Å². The van der Waals surface area contributed by atoms with Crippen LogP contribution in [0.25, 0.3) is 0 Å². The quantitative estimate of drug-likeness (QED) is 0.612. The molecule has 3 nitrogen and oxygen atoms in total. The van der Waals surface area contributed by atoms with Gasteiger partial charge in [0.15, 0.2) is 0 Å². The van der Waals surface area contributed by atoms with Crippen molar-refractivity contribution in [2.45, 2.75) is 0 Å². The number of benzene rings is 1. The Morgan fingerprint density at radius 1 is 1.29 bits per heavy atom. The molecule has 6 heteroatoms. The molecule has 0 radical (unpaired) electrons. The van der Waals surface area contributed by atoms with E-state index in [4.69, 9.17) is 23.6 Å². The highest BCUT2D eigenvalue weighted by Crippen LogP contribution is 2.02. The van der Waals surface area contributed by atoms with Crippen LogP contribution in [0.4, 0.5) is 0 Å². The Balaban J connectivity index is 2.65. The summed E-state index contributed by atoms with van der Waals surface area (Å²) in [6, 6.07) is 8.62. The van der Waals surface area contributed by atoms with Gasteiger partial charge in [-0.2, -0.15) is 3.94 Å². The maximum absolute atomic E-state index is 11.4. The predicted molar refractivity (Wildman–Crippen MR) is 60.1 cm³/mol. The van der Waals surface area contributed by atoms with Crippen molar-refractivity contribution < 1.29 is 4.79 Å². The van der Waals surface area contributed by atoms with Crippen molar-refractivity contribution >= 4 is 46.8 Å². The molecule has 1 amide bonds. The molecule has 0 aliphatic rings. The molecule has 0 bridgehead atoms. The van der Waals surface area contributed by atoms with Crippen molar-refractivity contribution in [3.8, 4) is 0 Å². The fraction of sp³-hybridized carbons (Fsp3) is 0. The highest BCUT2D eigenvalue weighted by atomic mass is 35.5. The number of hydrogen-bond acceptors (Lipinski definition) is 2. The van der Waals surface area contributed by atoms with E-state index >= 15 is 0 Å². The first-order valence-corrected chi connectivity index (χ1v) is 4.71. The smallest absolute Gasteiger partial charge is 0.257 e. The molecule has 0 saturated carbocycles. The molecule has 0 aliphatic heterocycles. The summed E-state index contributed by atoms with van der Waals surface area (Å²) in [5, 5.41) is 2.30. The number of halogens is 2. The van der Waals surface area contributed by atoms with Crippen molar-refractivity contribution in [3.63, 3.8) is 0 Å². The number of nitrogens with zero attached hydrogens (tertiary/aromatic N) is 1. The zero-order valence-electron chi connectivity index (χ0n) is 6.91. The van der Waals surface area contributed by atoms with Gasteiger partial charge in [0.2, 0.25) is 5.11 Å². The summed E-state index contributed by atoms with van der Waals surface area (Å²) in [5.74, 6) is -0.345. The minimum absolute atomic E-state index is 0.0535. The van der Waals surface area contributed by atoms with Crippen LogP contribution in [-0.2, 0) is 0 Å². The van der Waals surface area contributed by atoms with Crippen LogP contribution < -0.4 is 5.32 Å². The molecule has 1 aromatic rings. The summed E-state index contributed by atoms with van der Waals surface area (Å²) in [7, 11) is 0. The Morgan fingerprint density at radius 3 is 2.36 bits per heavy atom. The number of hydrogen-bond donors (Lipinski definition) is 1. The molecule has 0 atom stereocenters. The van der Waals surface area contributed by atoms with E-state index in [9.17, 15) is 4.79 Å². The second kappa shape index (κ2) is 5.14. The third kappa shape index (κ3) is 3.14. The van der Waals surface area contributed by atoms with Gasteiger partial charge in [-0.25, -0.2) is 0 Å². The van der Waals surface area contributed by atoms with Gasteiger partial charge in [-0.05, 0) is 24.4 Å². The molecule has 1 aromatic carbocycles. The van der Waals surface area contributed by atoms with E-state index in [2.05, 4.69) is 17.5 Å². The highest BCUT2D eigenvalue weighted by Gasteiger charge is 2.09. The fourth-order valence-electron chi connectivity index (χ4n) is 0.801. The van der Waals surface area contributed by atoms with Crippen molar-refractivity contribution in [1.29, 1.82) is 0 Å². The van der Waals surface area contributed by atoms with E-state index < -0.39 is 0 Å². The number of rotatable bonds is 1. The first kappa shape index (κ1) is 11.2. The predicted octanol–water partition coefficient (Wildman–Crippen LogP) is 2.31. The molecule has 0 aliphatic carbocycles. The number of amides is 1. The van der Waals surface area contributed by atoms with Crippen LogP contribution in [0, 0.1) is 0 Å². The lowest BCUT2D eigenvalue weighted by Crippen LogP contribution is -2.34. The van der Waals surface area contributed by atoms with Crippen molar-refractivity contribution in [3.05, 3.63) is 35.9 Å². The van der Waals surface area contributed by atoms with Crippen LogP contribution in [0.5, 0.6) is 0 Å². The van der Waals surface area contributed by atoms with Gasteiger partial charge in [-0.1, -0.05) is 18.2 Å². The molecule has 14 heavy (non-hydrogen) atoms. The van der Waals surface area contributed by atoms with E-state index in [1.807, 2.05) is 6.07 Å². The third-order valence-electron chi connectivity index (χ3n) is 1.41. The number of thiocarbonyl (C=S) groups is 1. The summed E-state index contributed by atoms with van der Waals surface area (Å²) in [4.78, 5) is 11.4. The van der Waals surface area contributed by atoms with Crippen molar-refractivity contribution in [2.75, 3.05) is 0 Å². The zero-order valence-corrected chi connectivity index (χ0v) is 9.23. The Hall–Kier alpha value is -0.840. The number of carbonyl (C=O) groups excluding carboxylic acids is 1. The molecule has 74 valence electrons. The molecule has 0 aromatic heterocycles. The maximum Gasteiger partial charge on any atom is 0.257 e. The molecule has 0 spiro atoms. The van der Waals surface area contributed by atoms with Gasteiger partial charge < -0.3 is 0 Å². The molecule has 0 saturated heterocycles. The van der Waals surface area contributed by atoms with Crippen molar-refractivity contribution in [1.82, 2.24) is 9.25 Å². The van der Waals surface area contributed by atoms with Gasteiger partial charge in [-0.15, -0.1) is 0 Å². The lowest BCUT2D eigenvalue weighted by atomic mass is 10.2. The minimum atomic E-state index is -0.345. The van der Waals surface area contributed by atoms with E-state index in [-0.39, 0.29) is 11.0 Å². The molecule has 1 rings (SSSR count). The van der Waals surface area contributed by atoms with E-state index in [0.29, 0.717) is 9.50 Å². The van der Waals surface area contributed by atoms with Crippen LogP contribution in [0.3, 0.4) is 0 Å². The highest BCUT2D eigenvalue weighted by molar-refractivity contribution is 7.80. The molecule has 0 heterocycles. The summed E-state index contributed by atoms with van der Waals surface area (Å²) < 4.78 is 0.621. The summed E-state index contributed by atoms with van der Waals surface area (Å²) in [6.07, 6.45) is 0. The Labute approximate surface area is 96.8 Å². The topological polar surface area (TPSA) is 32.3 Å². The van der Waals surface area contributed by atoms with Crippen LogP contribution >= 0.6 is 35.8 Å². The first-order chi connectivity index (χ1) is 6.61. The van der Waals surface area contributed by atoms with Gasteiger partial charge in [0.25, 0.3) is 5.91 Å². The van der Waals surface area contributed by atoms with Gasteiger partial charge >= 0.3 is 0 Å². The number of carbonyl (C=O) groups is 1. The second-order valence-electron chi connectivity index (χ2n) is 2.36. The Kier molecular flexibility index (Phi) is 4.13. The van der Waals surface area contributed by atoms with Crippen molar-refractivity contribution in [2.24, 2.45) is 0 Å². The molecule has 0 fully saturated rings. The first-order valence-electron chi connectivity index (χ1n) is 3.63. The third-order valence-corrected chi connectivity index (χ3v) is 2.23. The lowest BCUT2D eigenvalue weighted by Gasteiger charge is -2.08. The maximum atomic E-state index is 11.4. The molecular formula is C8H6Cl2N2OS. The van der Waals surface area contributed by atoms with Gasteiger partial charge in [-0.3, -0.25) is 10.1 Å². The minimum Gasteiger partial charge on any atom is -0.297 e. The average molecular weight is 249 g/mol. The number of nitrogens with one attached hydrogen (secondary N) is 1. The normalized spacial score (nSPS) is 9.29.